The number of hydrogen-bond donors (Lipinski definition) is 2. The van der Waals surface area contributed by atoms with E-state index in [1.54, 1.807) is 6.07 Å². The number of nitrogens with zero attached hydrogens (tertiary/aromatic N) is 1. The molecule has 21 heavy (non-hydrogen) atoms. The Kier molecular flexibility index (Phi) is 5.28. The van der Waals surface area contributed by atoms with Gasteiger partial charge in [0.05, 0.1) is 5.69 Å². The van der Waals surface area contributed by atoms with Gasteiger partial charge in [-0.05, 0) is 24.4 Å². The van der Waals surface area contributed by atoms with Crippen molar-refractivity contribution in [3.63, 3.8) is 0 Å². The molecule has 0 saturated heterocycles. The van der Waals surface area contributed by atoms with Crippen LogP contribution in [0.1, 0.15) is 44.4 Å². The van der Waals surface area contributed by atoms with Crippen molar-refractivity contribution in [2.75, 3.05) is 6.54 Å². The van der Waals surface area contributed by atoms with Crippen LogP contribution in [-0.2, 0) is 6.54 Å². The first-order valence-corrected chi connectivity index (χ1v) is 7.51. The normalized spacial score (nSPS) is 11.0. The molecule has 4 nitrogen and oxygen atoms in total. The molecule has 0 saturated carbocycles. The van der Waals surface area contributed by atoms with E-state index >= 15 is 0 Å². The third-order valence-corrected chi connectivity index (χ3v) is 3.38. The van der Waals surface area contributed by atoms with Crippen LogP contribution in [0.3, 0.4) is 0 Å². The van der Waals surface area contributed by atoms with Crippen molar-refractivity contribution >= 4 is 0 Å². The Balaban J connectivity index is 2.24. The molecule has 2 aromatic rings. The smallest absolute Gasteiger partial charge is 0.251 e. The first-order valence-electron chi connectivity index (χ1n) is 7.51. The van der Waals surface area contributed by atoms with E-state index in [0.717, 1.165) is 24.2 Å². The lowest BCUT2D eigenvalue weighted by Crippen LogP contribution is -2.18. The molecule has 0 amide bonds. The highest BCUT2D eigenvalue weighted by atomic mass is 16.1. The van der Waals surface area contributed by atoms with Gasteiger partial charge in [-0.25, -0.2) is 4.98 Å². The zero-order valence-corrected chi connectivity index (χ0v) is 12.9. The van der Waals surface area contributed by atoms with Crippen LogP contribution < -0.4 is 10.9 Å². The van der Waals surface area contributed by atoms with Crippen molar-refractivity contribution < 1.29 is 0 Å². The summed E-state index contributed by atoms with van der Waals surface area (Å²) >= 11 is 0. The molecular weight excluding hydrogens is 262 g/mol. The van der Waals surface area contributed by atoms with Gasteiger partial charge in [-0.1, -0.05) is 45.0 Å². The highest BCUT2D eigenvalue weighted by Crippen LogP contribution is 2.19. The van der Waals surface area contributed by atoms with Crippen molar-refractivity contribution in [1.29, 1.82) is 0 Å². The Labute approximate surface area is 125 Å². The summed E-state index contributed by atoms with van der Waals surface area (Å²) in [5.41, 5.74) is 2.88. The Bertz CT molecular complexity index is 629. The van der Waals surface area contributed by atoms with Crippen LogP contribution in [-0.4, -0.2) is 16.5 Å². The summed E-state index contributed by atoms with van der Waals surface area (Å²) < 4.78 is 0. The van der Waals surface area contributed by atoms with Gasteiger partial charge in [-0.2, -0.15) is 0 Å². The highest BCUT2D eigenvalue weighted by Gasteiger charge is 2.05. The maximum absolute atomic E-state index is 11.8. The minimum atomic E-state index is -0.110. The van der Waals surface area contributed by atoms with E-state index in [1.165, 1.54) is 5.56 Å². The van der Waals surface area contributed by atoms with Gasteiger partial charge < -0.3 is 10.3 Å². The molecule has 2 N–H and O–H groups in total. The Morgan fingerprint density at radius 3 is 2.57 bits per heavy atom. The van der Waals surface area contributed by atoms with Crippen LogP contribution in [0.15, 0.2) is 35.1 Å². The summed E-state index contributed by atoms with van der Waals surface area (Å²) in [7, 11) is 0. The summed E-state index contributed by atoms with van der Waals surface area (Å²) in [6, 6.07) is 9.74. The number of aromatic nitrogens is 2. The number of rotatable bonds is 6. The lowest BCUT2D eigenvalue weighted by molar-refractivity contribution is 0.662. The van der Waals surface area contributed by atoms with Crippen molar-refractivity contribution in [3.05, 3.63) is 51.9 Å². The molecule has 1 aromatic carbocycles. The van der Waals surface area contributed by atoms with Gasteiger partial charge in [0.15, 0.2) is 0 Å². The van der Waals surface area contributed by atoms with Crippen LogP contribution in [0.5, 0.6) is 0 Å². The fraction of sp³-hybridized carbons (Fsp3) is 0.412. The van der Waals surface area contributed by atoms with Crippen molar-refractivity contribution in [2.24, 2.45) is 0 Å². The van der Waals surface area contributed by atoms with Gasteiger partial charge in [0.25, 0.3) is 5.56 Å². The average molecular weight is 285 g/mol. The predicted octanol–water partition coefficient (Wildman–Crippen LogP) is 3.06. The van der Waals surface area contributed by atoms with Crippen LogP contribution in [0.2, 0.25) is 0 Å². The van der Waals surface area contributed by atoms with E-state index in [1.807, 2.05) is 12.1 Å². The Morgan fingerprint density at radius 1 is 1.24 bits per heavy atom. The summed E-state index contributed by atoms with van der Waals surface area (Å²) in [4.78, 5) is 19.1. The van der Waals surface area contributed by atoms with Crippen molar-refractivity contribution in [2.45, 2.75) is 39.7 Å². The molecule has 2 rings (SSSR count). The number of H-pyrrole nitrogens is 1. The first-order chi connectivity index (χ1) is 10.1. The topological polar surface area (TPSA) is 57.8 Å². The average Bonchev–Trinajstić information content (AvgIpc) is 2.47. The SMILES string of the molecule is CCCNCc1cc(=O)[nH]c(-c2ccc(C(C)C)cc2)n1. The van der Waals surface area contributed by atoms with Crippen LogP contribution in [0.25, 0.3) is 11.4 Å². The molecule has 112 valence electrons. The summed E-state index contributed by atoms with van der Waals surface area (Å²) in [5.74, 6) is 1.13. The second-order valence-electron chi connectivity index (χ2n) is 5.54. The van der Waals surface area contributed by atoms with Gasteiger partial charge in [-0.3, -0.25) is 4.79 Å². The summed E-state index contributed by atoms with van der Waals surface area (Å²) in [6.07, 6.45) is 1.06. The third kappa shape index (κ3) is 4.26. The molecule has 0 fully saturated rings. The molecule has 4 heteroatoms. The summed E-state index contributed by atoms with van der Waals surface area (Å²) in [5, 5.41) is 3.27. The fourth-order valence-corrected chi connectivity index (χ4v) is 2.15. The number of benzene rings is 1. The van der Waals surface area contributed by atoms with Gasteiger partial charge >= 0.3 is 0 Å². The molecule has 0 spiro atoms. The van der Waals surface area contributed by atoms with Gasteiger partial charge in [0.2, 0.25) is 0 Å². The minimum absolute atomic E-state index is 0.110. The zero-order chi connectivity index (χ0) is 15.2. The van der Waals surface area contributed by atoms with E-state index in [9.17, 15) is 4.79 Å². The Morgan fingerprint density at radius 2 is 1.95 bits per heavy atom. The molecule has 0 bridgehead atoms. The quantitative estimate of drug-likeness (QED) is 0.802. The molecule has 1 aromatic heterocycles. The monoisotopic (exact) mass is 285 g/mol. The summed E-state index contributed by atoms with van der Waals surface area (Å²) in [6.45, 7) is 7.98. The number of nitrogens with one attached hydrogen (secondary N) is 2. The fourth-order valence-electron chi connectivity index (χ4n) is 2.15. The maximum atomic E-state index is 11.8. The van der Waals surface area contributed by atoms with Crippen LogP contribution >= 0.6 is 0 Å². The van der Waals surface area contributed by atoms with E-state index in [2.05, 4.69) is 48.2 Å². The molecule has 0 unspecified atom stereocenters. The largest absolute Gasteiger partial charge is 0.311 e. The molecule has 1 heterocycles. The second-order valence-corrected chi connectivity index (χ2v) is 5.54. The highest BCUT2D eigenvalue weighted by molar-refractivity contribution is 5.55. The molecular formula is C17H23N3O. The van der Waals surface area contributed by atoms with Gasteiger partial charge in [0.1, 0.15) is 5.82 Å². The lowest BCUT2D eigenvalue weighted by Gasteiger charge is -2.08. The Hall–Kier alpha value is -1.94. The van der Waals surface area contributed by atoms with Crippen molar-refractivity contribution in [1.82, 2.24) is 15.3 Å². The predicted molar refractivity (Wildman–Crippen MR) is 86.4 cm³/mol. The maximum Gasteiger partial charge on any atom is 0.251 e. The van der Waals surface area contributed by atoms with Gasteiger partial charge in [0, 0.05) is 18.2 Å². The van der Waals surface area contributed by atoms with E-state index in [0.29, 0.717) is 18.3 Å². The number of aromatic amines is 1. The van der Waals surface area contributed by atoms with Crippen LogP contribution in [0.4, 0.5) is 0 Å². The van der Waals surface area contributed by atoms with E-state index < -0.39 is 0 Å². The molecule has 0 atom stereocenters. The lowest BCUT2D eigenvalue weighted by atomic mass is 10.0. The standard InChI is InChI=1S/C17H23N3O/c1-4-9-18-11-15-10-16(21)20-17(19-15)14-7-5-13(6-8-14)12(2)3/h5-8,10,12,18H,4,9,11H2,1-3H3,(H,19,20,21). The molecule has 0 aliphatic rings. The van der Waals surface area contributed by atoms with Crippen LogP contribution in [0, 0.1) is 0 Å². The van der Waals surface area contributed by atoms with Crippen molar-refractivity contribution in [3.8, 4) is 11.4 Å². The minimum Gasteiger partial charge on any atom is -0.311 e. The number of hydrogen-bond acceptors (Lipinski definition) is 3. The molecule has 0 aliphatic carbocycles. The zero-order valence-electron chi connectivity index (χ0n) is 12.9. The first kappa shape index (κ1) is 15.4. The van der Waals surface area contributed by atoms with E-state index in [4.69, 9.17) is 0 Å². The molecule has 0 aliphatic heterocycles. The van der Waals surface area contributed by atoms with Gasteiger partial charge in [-0.15, -0.1) is 0 Å². The third-order valence-electron chi connectivity index (χ3n) is 3.38. The second kappa shape index (κ2) is 7.18. The molecule has 0 radical (unpaired) electrons. The van der Waals surface area contributed by atoms with E-state index in [-0.39, 0.29) is 5.56 Å².